The first kappa shape index (κ1) is 8.83. The van der Waals surface area contributed by atoms with Crippen molar-refractivity contribution in [3.05, 3.63) is 34.3 Å². The fourth-order valence-corrected chi connectivity index (χ4v) is 1.19. The second-order valence-electron chi connectivity index (χ2n) is 2.43. The highest BCUT2D eigenvalue weighted by molar-refractivity contribution is 6.30. The van der Waals surface area contributed by atoms with Gasteiger partial charge in [-0.15, -0.1) is 6.42 Å². The van der Waals surface area contributed by atoms with E-state index in [0.29, 0.717) is 10.6 Å². The molecule has 60 valence electrons. The lowest BCUT2D eigenvalue weighted by molar-refractivity contribution is 0.105. The molecule has 1 nitrogen and oxygen atoms in total. The molecule has 0 radical (unpaired) electrons. The number of aryl methyl sites for hydroxylation is 1. The SMILES string of the molecule is C#CC(=O)c1ccc(Cl)cc1C. The lowest BCUT2D eigenvalue weighted by Gasteiger charge is -1.99. The van der Waals surface area contributed by atoms with Gasteiger partial charge in [0.1, 0.15) is 0 Å². The van der Waals surface area contributed by atoms with Gasteiger partial charge in [0.25, 0.3) is 0 Å². The summed E-state index contributed by atoms with van der Waals surface area (Å²) in [6, 6.07) is 5.01. The third-order valence-corrected chi connectivity index (χ3v) is 1.80. The third kappa shape index (κ3) is 1.66. The first-order valence-electron chi connectivity index (χ1n) is 3.42. The van der Waals surface area contributed by atoms with Crippen LogP contribution in [0.2, 0.25) is 5.02 Å². The number of ketones is 1. The summed E-state index contributed by atoms with van der Waals surface area (Å²) in [6.45, 7) is 1.80. The number of rotatable bonds is 1. The molecule has 1 aromatic carbocycles. The zero-order chi connectivity index (χ0) is 9.14. The molecule has 0 unspecified atom stereocenters. The van der Waals surface area contributed by atoms with Crippen LogP contribution in [-0.2, 0) is 0 Å². The van der Waals surface area contributed by atoms with Gasteiger partial charge in [-0.25, -0.2) is 0 Å². The fraction of sp³-hybridized carbons (Fsp3) is 0.100. The van der Waals surface area contributed by atoms with Crippen LogP contribution in [0.1, 0.15) is 15.9 Å². The molecule has 0 aliphatic carbocycles. The molecule has 2 heteroatoms. The normalized spacial score (nSPS) is 9.08. The van der Waals surface area contributed by atoms with E-state index < -0.39 is 0 Å². The van der Waals surface area contributed by atoms with Crippen LogP contribution in [0.15, 0.2) is 18.2 Å². The van der Waals surface area contributed by atoms with Gasteiger partial charge < -0.3 is 0 Å². The summed E-state index contributed by atoms with van der Waals surface area (Å²) in [5.74, 6) is 1.76. The molecule has 0 heterocycles. The molecule has 0 saturated carbocycles. The minimum atomic E-state index is -0.302. The van der Waals surface area contributed by atoms with Crippen LogP contribution in [0.5, 0.6) is 0 Å². The number of halogens is 1. The van der Waals surface area contributed by atoms with Gasteiger partial charge >= 0.3 is 0 Å². The molecule has 0 amide bonds. The summed E-state index contributed by atoms with van der Waals surface area (Å²) in [6.07, 6.45) is 4.98. The largest absolute Gasteiger partial charge is 0.279 e. The third-order valence-electron chi connectivity index (χ3n) is 1.56. The molecular weight excluding hydrogens is 172 g/mol. The van der Waals surface area contributed by atoms with Gasteiger partial charge in [0.2, 0.25) is 5.78 Å². The van der Waals surface area contributed by atoms with Gasteiger partial charge in [0, 0.05) is 10.6 Å². The standard InChI is InChI=1S/C10H7ClO/c1-3-10(12)9-5-4-8(11)6-7(9)2/h1,4-6H,2H3. The van der Waals surface area contributed by atoms with Crippen molar-refractivity contribution in [1.29, 1.82) is 0 Å². The molecule has 0 atom stereocenters. The summed E-state index contributed by atoms with van der Waals surface area (Å²) in [7, 11) is 0. The minimum Gasteiger partial charge on any atom is -0.279 e. The highest BCUT2D eigenvalue weighted by Gasteiger charge is 2.05. The van der Waals surface area contributed by atoms with Crippen molar-refractivity contribution in [3.8, 4) is 12.3 Å². The number of hydrogen-bond acceptors (Lipinski definition) is 1. The maximum absolute atomic E-state index is 11.1. The Morgan fingerprint density at radius 2 is 2.25 bits per heavy atom. The van der Waals surface area contributed by atoms with Gasteiger partial charge in [-0.3, -0.25) is 4.79 Å². The molecule has 0 N–H and O–H groups in total. The smallest absolute Gasteiger partial charge is 0.235 e. The Balaban J connectivity index is 3.20. The van der Waals surface area contributed by atoms with E-state index in [-0.39, 0.29) is 5.78 Å². The van der Waals surface area contributed by atoms with Crippen LogP contribution in [-0.4, -0.2) is 5.78 Å². The van der Waals surface area contributed by atoms with E-state index in [2.05, 4.69) is 5.92 Å². The second-order valence-corrected chi connectivity index (χ2v) is 2.87. The zero-order valence-corrected chi connectivity index (χ0v) is 7.35. The van der Waals surface area contributed by atoms with Gasteiger partial charge in [0.15, 0.2) is 0 Å². The summed E-state index contributed by atoms with van der Waals surface area (Å²) >= 11 is 5.70. The van der Waals surface area contributed by atoms with E-state index in [1.165, 1.54) is 0 Å². The first-order valence-corrected chi connectivity index (χ1v) is 3.80. The Hall–Kier alpha value is -1.26. The minimum absolute atomic E-state index is 0.302. The van der Waals surface area contributed by atoms with E-state index >= 15 is 0 Å². The maximum atomic E-state index is 11.1. The first-order chi connectivity index (χ1) is 5.65. The number of hydrogen-bond donors (Lipinski definition) is 0. The average Bonchev–Trinajstić information content (AvgIpc) is 2.03. The van der Waals surface area contributed by atoms with Crippen LogP contribution in [0.25, 0.3) is 0 Å². The predicted octanol–water partition coefficient (Wildman–Crippen LogP) is 2.46. The van der Waals surface area contributed by atoms with E-state index in [1.807, 2.05) is 0 Å². The van der Waals surface area contributed by atoms with E-state index in [1.54, 1.807) is 25.1 Å². The van der Waals surface area contributed by atoms with Gasteiger partial charge in [-0.1, -0.05) is 11.6 Å². The van der Waals surface area contributed by atoms with Crippen molar-refractivity contribution in [2.24, 2.45) is 0 Å². The number of terminal acetylenes is 1. The van der Waals surface area contributed by atoms with Gasteiger partial charge in [-0.05, 0) is 36.6 Å². The molecule has 0 aromatic heterocycles. The Morgan fingerprint density at radius 1 is 1.58 bits per heavy atom. The molecule has 0 fully saturated rings. The Labute approximate surface area is 76.4 Å². The van der Waals surface area contributed by atoms with Crippen molar-refractivity contribution in [2.45, 2.75) is 6.92 Å². The van der Waals surface area contributed by atoms with E-state index in [0.717, 1.165) is 5.56 Å². The lowest BCUT2D eigenvalue weighted by Crippen LogP contribution is -1.97. The lowest BCUT2D eigenvalue weighted by atomic mass is 10.1. The van der Waals surface area contributed by atoms with Crippen molar-refractivity contribution in [3.63, 3.8) is 0 Å². The topological polar surface area (TPSA) is 17.1 Å². The van der Waals surface area contributed by atoms with Crippen molar-refractivity contribution >= 4 is 17.4 Å². The predicted molar refractivity (Wildman–Crippen MR) is 49.4 cm³/mol. The van der Waals surface area contributed by atoms with Crippen LogP contribution < -0.4 is 0 Å². The number of benzene rings is 1. The summed E-state index contributed by atoms with van der Waals surface area (Å²) in [4.78, 5) is 11.1. The quantitative estimate of drug-likeness (QED) is 0.367. The molecule has 12 heavy (non-hydrogen) atoms. The molecule has 0 bridgehead atoms. The zero-order valence-electron chi connectivity index (χ0n) is 6.60. The number of carbonyl (C=O) groups is 1. The molecular formula is C10H7ClO. The Bertz CT molecular complexity index is 361. The molecule has 1 rings (SSSR count). The number of Topliss-reactive ketones (excluding diaryl/α,β-unsaturated/α-hetero) is 1. The molecule has 0 spiro atoms. The summed E-state index contributed by atoms with van der Waals surface area (Å²) in [5, 5.41) is 0.612. The maximum Gasteiger partial charge on any atom is 0.235 e. The van der Waals surface area contributed by atoms with Crippen molar-refractivity contribution in [2.75, 3.05) is 0 Å². The monoisotopic (exact) mass is 178 g/mol. The van der Waals surface area contributed by atoms with Crippen LogP contribution in [0, 0.1) is 19.3 Å². The van der Waals surface area contributed by atoms with E-state index in [4.69, 9.17) is 18.0 Å². The molecule has 1 aromatic rings. The average molecular weight is 179 g/mol. The van der Waals surface area contributed by atoms with Crippen molar-refractivity contribution < 1.29 is 4.79 Å². The molecule has 0 saturated heterocycles. The van der Waals surface area contributed by atoms with Crippen LogP contribution in [0.3, 0.4) is 0 Å². The molecule has 0 aliphatic rings. The highest BCUT2D eigenvalue weighted by atomic mass is 35.5. The van der Waals surface area contributed by atoms with E-state index in [9.17, 15) is 4.79 Å². The number of carbonyl (C=O) groups excluding carboxylic acids is 1. The Morgan fingerprint density at radius 3 is 2.75 bits per heavy atom. The molecule has 0 aliphatic heterocycles. The van der Waals surface area contributed by atoms with Crippen molar-refractivity contribution in [1.82, 2.24) is 0 Å². The van der Waals surface area contributed by atoms with Gasteiger partial charge in [-0.2, -0.15) is 0 Å². The summed E-state index contributed by atoms with van der Waals surface area (Å²) in [5.41, 5.74) is 1.35. The summed E-state index contributed by atoms with van der Waals surface area (Å²) < 4.78 is 0. The fourth-order valence-electron chi connectivity index (χ4n) is 0.960. The Kier molecular flexibility index (Phi) is 2.52. The second kappa shape index (κ2) is 3.42. The van der Waals surface area contributed by atoms with Crippen LogP contribution >= 0.6 is 11.6 Å². The van der Waals surface area contributed by atoms with Crippen LogP contribution in [0.4, 0.5) is 0 Å². The van der Waals surface area contributed by atoms with Gasteiger partial charge in [0.05, 0.1) is 0 Å². The highest BCUT2D eigenvalue weighted by Crippen LogP contribution is 2.15.